The highest BCUT2D eigenvalue weighted by Crippen LogP contribution is 2.23. The molecule has 3 aromatic rings. The zero-order chi connectivity index (χ0) is 17.8. The lowest BCUT2D eigenvalue weighted by Crippen LogP contribution is -2.13. The van der Waals surface area contributed by atoms with Gasteiger partial charge in [0, 0.05) is 16.5 Å². The van der Waals surface area contributed by atoms with Crippen LogP contribution in [0.2, 0.25) is 0 Å². The van der Waals surface area contributed by atoms with Gasteiger partial charge in [0.25, 0.3) is 5.91 Å². The molecule has 0 saturated heterocycles. The van der Waals surface area contributed by atoms with Crippen molar-refractivity contribution in [3.8, 4) is 0 Å². The Hall–Kier alpha value is -2.74. The molecule has 0 saturated carbocycles. The highest BCUT2D eigenvalue weighted by Gasteiger charge is 2.10. The van der Waals surface area contributed by atoms with Crippen molar-refractivity contribution in [1.82, 2.24) is 10.1 Å². The molecule has 0 radical (unpaired) electrons. The van der Waals surface area contributed by atoms with Crippen LogP contribution < -0.4 is 5.32 Å². The van der Waals surface area contributed by atoms with Crippen LogP contribution in [0.4, 0.5) is 14.5 Å². The summed E-state index contributed by atoms with van der Waals surface area (Å²) in [6.45, 7) is 1.75. The first-order valence-corrected chi connectivity index (χ1v) is 8.28. The van der Waals surface area contributed by atoms with Crippen LogP contribution in [0.1, 0.15) is 22.1 Å². The Labute approximate surface area is 146 Å². The number of nitrogens with zero attached hydrogens (tertiary/aromatic N) is 2. The topological polar surface area (TPSA) is 68.0 Å². The molecule has 1 N–H and O–H groups in total. The number of hydrogen-bond acceptors (Lipinski definition) is 5. The van der Waals surface area contributed by atoms with Gasteiger partial charge < -0.3 is 9.84 Å². The molecule has 0 atom stereocenters. The Kier molecular flexibility index (Phi) is 5.08. The molecule has 1 heterocycles. The molecule has 0 aliphatic heterocycles. The number of amides is 1. The molecule has 1 amide bonds. The molecule has 0 spiro atoms. The van der Waals surface area contributed by atoms with Gasteiger partial charge in [-0.25, -0.2) is 8.78 Å². The molecule has 5 nitrogen and oxygen atoms in total. The van der Waals surface area contributed by atoms with Gasteiger partial charge >= 0.3 is 0 Å². The Morgan fingerprint density at radius 1 is 1.20 bits per heavy atom. The summed E-state index contributed by atoms with van der Waals surface area (Å²) in [5, 5.41) is 6.13. The number of nitrogens with one attached hydrogen (secondary N) is 1. The van der Waals surface area contributed by atoms with Crippen molar-refractivity contribution in [2.75, 3.05) is 5.32 Å². The number of anilines is 1. The lowest BCUT2D eigenvalue weighted by Gasteiger charge is -2.07. The largest absolute Gasteiger partial charge is 0.338 e. The number of hydrogen-bond donors (Lipinski definition) is 1. The summed E-state index contributed by atoms with van der Waals surface area (Å²) in [4.78, 5) is 17.2. The molecule has 0 bridgehead atoms. The lowest BCUT2D eigenvalue weighted by atomic mass is 10.2. The van der Waals surface area contributed by atoms with E-state index in [1.54, 1.807) is 31.2 Å². The number of halogens is 2. The van der Waals surface area contributed by atoms with Crippen LogP contribution in [0.15, 0.2) is 51.9 Å². The second-order valence-corrected chi connectivity index (χ2v) is 6.18. The first-order chi connectivity index (χ1) is 12.0. The van der Waals surface area contributed by atoms with E-state index >= 15 is 0 Å². The fourth-order valence-electron chi connectivity index (χ4n) is 2.03. The summed E-state index contributed by atoms with van der Waals surface area (Å²) in [6.07, 6.45) is 0. The van der Waals surface area contributed by atoms with Crippen molar-refractivity contribution in [2.45, 2.75) is 17.6 Å². The Morgan fingerprint density at radius 3 is 2.60 bits per heavy atom. The molecule has 0 aliphatic carbocycles. The van der Waals surface area contributed by atoms with Crippen LogP contribution in [0.25, 0.3) is 0 Å². The Balaban J connectivity index is 1.62. The third-order valence-corrected chi connectivity index (χ3v) is 4.22. The van der Waals surface area contributed by atoms with E-state index in [9.17, 15) is 13.6 Å². The SMILES string of the molecule is Cc1noc(CSc2ccc(C(=O)Nc3ccc(F)cc3F)cc2)n1. The predicted molar refractivity (Wildman–Crippen MR) is 89.3 cm³/mol. The van der Waals surface area contributed by atoms with Gasteiger partial charge in [0.15, 0.2) is 5.82 Å². The summed E-state index contributed by atoms with van der Waals surface area (Å²) >= 11 is 1.49. The van der Waals surface area contributed by atoms with Crippen LogP contribution >= 0.6 is 11.8 Å². The molecule has 0 unspecified atom stereocenters. The van der Waals surface area contributed by atoms with Crippen LogP contribution in [0.3, 0.4) is 0 Å². The zero-order valence-corrected chi connectivity index (χ0v) is 13.9. The molecule has 0 aliphatic rings. The number of carbonyl (C=O) groups excluding carboxylic acids is 1. The number of aryl methyl sites for hydroxylation is 1. The lowest BCUT2D eigenvalue weighted by molar-refractivity contribution is 0.102. The molecule has 3 rings (SSSR count). The van der Waals surface area contributed by atoms with E-state index in [2.05, 4.69) is 15.5 Å². The average molecular weight is 361 g/mol. The number of benzene rings is 2. The van der Waals surface area contributed by atoms with Crippen LogP contribution in [0, 0.1) is 18.6 Å². The van der Waals surface area contributed by atoms with Crippen molar-refractivity contribution in [2.24, 2.45) is 0 Å². The van der Waals surface area contributed by atoms with Gasteiger partial charge in [0.1, 0.15) is 11.6 Å². The molecular formula is C17H13F2N3O2S. The summed E-state index contributed by atoms with van der Waals surface area (Å²) < 4.78 is 31.5. The summed E-state index contributed by atoms with van der Waals surface area (Å²) in [6, 6.07) is 9.76. The highest BCUT2D eigenvalue weighted by atomic mass is 32.2. The third-order valence-electron chi connectivity index (χ3n) is 3.23. The normalized spacial score (nSPS) is 10.7. The van der Waals surface area contributed by atoms with Crippen molar-refractivity contribution in [3.05, 3.63) is 71.4 Å². The molecule has 8 heteroatoms. The smallest absolute Gasteiger partial charge is 0.255 e. The van der Waals surface area contributed by atoms with Gasteiger partial charge in [-0.15, -0.1) is 11.8 Å². The van der Waals surface area contributed by atoms with Gasteiger partial charge in [0.2, 0.25) is 5.89 Å². The van der Waals surface area contributed by atoms with E-state index in [0.29, 0.717) is 29.1 Å². The number of thioether (sulfide) groups is 1. The van der Waals surface area contributed by atoms with E-state index in [0.717, 1.165) is 11.0 Å². The minimum absolute atomic E-state index is 0.0726. The molecule has 25 heavy (non-hydrogen) atoms. The molecule has 128 valence electrons. The maximum atomic E-state index is 13.6. The number of rotatable bonds is 5. The van der Waals surface area contributed by atoms with Gasteiger partial charge in [-0.1, -0.05) is 5.16 Å². The molecular weight excluding hydrogens is 348 g/mol. The minimum atomic E-state index is -0.824. The second-order valence-electron chi connectivity index (χ2n) is 5.13. The maximum absolute atomic E-state index is 13.6. The van der Waals surface area contributed by atoms with Crippen LogP contribution in [0.5, 0.6) is 0 Å². The van der Waals surface area contributed by atoms with Crippen LogP contribution in [-0.2, 0) is 5.75 Å². The number of carbonyl (C=O) groups is 1. The first kappa shape index (κ1) is 17.1. The fraction of sp³-hybridized carbons (Fsp3) is 0.118. The second kappa shape index (κ2) is 7.43. The minimum Gasteiger partial charge on any atom is -0.338 e. The number of aromatic nitrogens is 2. The standard InChI is InChI=1S/C17H13F2N3O2S/c1-10-20-16(24-22-10)9-25-13-5-2-11(3-6-13)17(23)21-15-7-4-12(18)8-14(15)19/h2-8H,9H2,1H3,(H,21,23). The van der Waals surface area contributed by atoms with E-state index in [1.165, 1.54) is 17.8 Å². The van der Waals surface area contributed by atoms with Crippen molar-refractivity contribution < 1.29 is 18.1 Å². The van der Waals surface area contributed by atoms with E-state index < -0.39 is 17.5 Å². The first-order valence-electron chi connectivity index (χ1n) is 7.30. The van der Waals surface area contributed by atoms with Crippen molar-refractivity contribution in [3.63, 3.8) is 0 Å². The maximum Gasteiger partial charge on any atom is 0.255 e. The predicted octanol–water partition coefficient (Wildman–Crippen LogP) is 4.20. The third kappa shape index (κ3) is 4.42. The summed E-state index contributed by atoms with van der Waals surface area (Å²) in [7, 11) is 0. The van der Waals surface area contributed by atoms with Gasteiger partial charge in [-0.2, -0.15) is 4.98 Å². The molecule has 2 aromatic carbocycles. The van der Waals surface area contributed by atoms with Gasteiger partial charge in [-0.05, 0) is 43.3 Å². The monoisotopic (exact) mass is 361 g/mol. The molecule has 1 aromatic heterocycles. The average Bonchev–Trinajstić information content (AvgIpc) is 3.01. The quantitative estimate of drug-likeness (QED) is 0.690. The summed E-state index contributed by atoms with van der Waals surface area (Å²) in [5.74, 6) is -0.377. The Morgan fingerprint density at radius 2 is 1.96 bits per heavy atom. The molecule has 0 fully saturated rings. The highest BCUT2D eigenvalue weighted by molar-refractivity contribution is 7.98. The van der Waals surface area contributed by atoms with E-state index in [4.69, 9.17) is 4.52 Å². The van der Waals surface area contributed by atoms with Crippen molar-refractivity contribution >= 4 is 23.4 Å². The Bertz CT molecular complexity index is 897. The van der Waals surface area contributed by atoms with Crippen molar-refractivity contribution in [1.29, 1.82) is 0 Å². The fourth-order valence-corrected chi connectivity index (χ4v) is 2.77. The van der Waals surface area contributed by atoms with Crippen LogP contribution in [-0.4, -0.2) is 16.0 Å². The van der Waals surface area contributed by atoms with E-state index in [1.807, 2.05) is 0 Å². The van der Waals surface area contributed by atoms with E-state index in [-0.39, 0.29) is 5.69 Å². The summed E-state index contributed by atoms with van der Waals surface area (Å²) in [5.41, 5.74) is 0.290. The zero-order valence-electron chi connectivity index (χ0n) is 13.1. The van der Waals surface area contributed by atoms with Gasteiger partial charge in [0.05, 0.1) is 11.4 Å². The van der Waals surface area contributed by atoms with Gasteiger partial charge in [-0.3, -0.25) is 4.79 Å².